The van der Waals surface area contributed by atoms with Crippen LogP contribution in [-0.2, 0) is 0 Å². The molecule has 0 aromatic heterocycles. The second-order valence-corrected chi connectivity index (χ2v) is 7.48. The number of rotatable bonds is 7. The van der Waals surface area contributed by atoms with Crippen LogP contribution in [0.2, 0.25) is 0 Å². The van der Waals surface area contributed by atoms with Crippen LogP contribution in [0, 0.1) is 24.7 Å². The van der Waals surface area contributed by atoms with Gasteiger partial charge in [0.05, 0.1) is 0 Å². The van der Waals surface area contributed by atoms with Crippen molar-refractivity contribution in [2.24, 2.45) is 17.8 Å². The number of hydrogen-bond acceptors (Lipinski definition) is 1. The van der Waals surface area contributed by atoms with Crippen molar-refractivity contribution in [1.82, 2.24) is 5.32 Å². The zero-order valence-electron chi connectivity index (χ0n) is 13.8. The van der Waals surface area contributed by atoms with E-state index in [4.69, 9.17) is 0 Å². The highest BCUT2D eigenvalue weighted by Gasteiger charge is 2.40. The van der Waals surface area contributed by atoms with Gasteiger partial charge in [0.25, 0.3) is 0 Å². The molecule has 0 amide bonds. The van der Waals surface area contributed by atoms with Crippen LogP contribution in [0.3, 0.4) is 0 Å². The number of aryl methyl sites for hydroxylation is 1. The molecule has 0 heterocycles. The summed E-state index contributed by atoms with van der Waals surface area (Å²) in [5, 5.41) is 3.67. The highest BCUT2D eigenvalue weighted by Crippen LogP contribution is 2.51. The molecule has 0 saturated heterocycles. The van der Waals surface area contributed by atoms with Crippen molar-refractivity contribution in [3.8, 4) is 0 Å². The van der Waals surface area contributed by atoms with E-state index in [2.05, 4.69) is 43.4 Å². The molecular formula is C20H31N. The fourth-order valence-corrected chi connectivity index (χ4v) is 4.66. The predicted octanol–water partition coefficient (Wildman–Crippen LogP) is 4.90. The average Bonchev–Trinajstić information content (AvgIpc) is 3.10. The van der Waals surface area contributed by atoms with Gasteiger partial charge in [-0.25, -0.2) is 0 Å². The van der Waals surface area contributed by atoms with Gasteiger partial charge in [0, 0.05) is 6.54 Å². The summed E-state index contributed by atoms with van der Waals surface area (Å²) in [5.74, 6) is 3.83. The maximum absolute atomic E-state index is 3.67. The molecule has 2 aliphatic rings. The van der Waals surface area contributed by atoms with Gasteiger partial charge < -0.3 is 5.32 Å². The molecule has 1 nitrogen and oxygen atoms in total. The fraction of sp³-hybridized carbons (Fsp3) is 0.700. The smallest absolute Gasteiger partial charge is 0.00202 e. The van der Waals surface area contributed by atoms with Crippen LogP contribution in [0.4, 0.5) is 0 Å². The quantitative estimate of drug-likeness (QED) is 0.702. The lowest BCUT2D eigenvalue weighted by Gasteiger charge is -2.27. The van der Waals surface area contributed by atoms with Gasteiger partial charge in [-0.1, -0.05) is 43.2 Å². The third-order valence-corrected chi connectivity index (χ3v) is 5.84. The highest BCUT2D eigenvalue weighted by molar-refractivity contribution is 5.25. The molecule has 2 bridgehead atoms. The first kappa shape index (κ1) is 15.1. The van der Waals surface area contributed by atoms with E-state index < -0.39 is 0 Å². The molecule has 2 aliphatic carbocycles. The van der Waals surface area contributed by atoms with Crippen molar-refractivity contribution in [3.05, 3.63) is 35.4 Å². The van der Waals surface area contributed by atoms with Crippen LogP contribution < -0.4 is 5.32 Å². The summed E-state index contributed by atoms with van der Waals surface area (Å²) in [6.45, 7) is 6.75. The Morgan fingerprint density at radius 2 is 1.95 bits per heavy atom. The van der Waals surface area contributed by atoms with E-state index in [1.54, 1.807) is 5.56 Å². The van der Waals surface area contributed by atoms with E-state index in [1.807, 2.05) is 0 Å². The fourth-order valence-electron chi connectivity index (χ4n) is 4.66. The molecule has 116 valence electrons. The van der Waals surface area contributed by atoms with Crippen LogP contribution >= 0.6 is 0 Å². The summed E-state index contributed by atoms with van der Waals surface area (Å²) in [6, 6.07) is 9.29. The molecule has 1 aromatic rings. The number of nitrogens with one attached hydrogen (secondary N) is 1. The van der Waals surface area contributed by atoms with Crippen molar-refractivity contribution in [2.45, 2.75) is 58.3 Å². The Morgan fingerprint density at radius 1 is 1.14 bits per heavy atom. The maximum Gasteiger partial charge on any atom is 0.00202 e. The lowest BCUT2D eigenvalue weighted by atomic mass is 9.80. The molecule has 21 heavy (non-hydrogen) atoms. The number of fused-ring (bicyclic) bond motifs is 2. The standard InChI is InChI=1S/C20H31N/c1-3-10-21-14-20(17-7-4-15(2)5-8-17)13-19-12-16-6-9-18(19)11-16/h4-5,7-8,16,18-21H,3,6,9-14H2,1-2H3. The topological polar surface area (TPSA) is 12.0 Å². The van der Waals surface area contributed by atoms with E-state index in [1.165, 1.54) is 44.1 Å². The third kappa shape index (κ3) is 3.69. The molecule has 0 radical (unpaired) electrons. The van der Waals surface area contributed by atoms with Gasteiger partial charge in [-0.05, 0) is 74.8 Å². The predicted molar refractivity (Wildman–Crippen MR) is 90.6 cm³/mol. The van der Waals surface area contributed by atoms with Crippen LogP contribution in [0.25, 0.3) is 0 Å². The summed E-state index contributed by atoms with van der Waals surface area (Å²) in [4.78, 5) is 0. The lowest BCUT2D eigenvalue weighted by molar-refractivity contribution is 0.291. The number of hydrogen-bond donors (Lipinski definition) is 1. The summed E-state index contributed by atoms with van der Waals surface area (Å²) in [6.07, 6.45) is 8.72. The van der Waals surface area contributed by atoms with Crippen molar-refractivity contribution < 1.29 is 0 Å². The molecule has 2 fully saturated rings. The Bertz CT molecular complexity index is 436. The zero-order valence-corrected chi connectivity index (χ0v) is 13.8. The van der Waals surface area contributed by atoms with E-state index >= 15 is 0 Å². The minimum Gasteiger partial charge on any atom is -0.316 e. The largest absolute Gasteiger partial charge is 0.316 e. The number of benzene rings is 1. The molecule has 2 saturated carbocycles. The minimum atomic E-state index is 0.710. The van der Waals surface area contributed by atoms with Gasteiger partial charge in [-0.2, -0.15) is 0 Å². The molecule has 1 heteroatoms. The molecule has 0 spiro atoms. The van der Waals surface area contributed by atoms with Gasteiger partial charge in [0.1, 0.15) is 0 Å². The van der Waals surface area contributed by atoms with Crippen LogP contribution in [0.5, 0.6) is 0 Å². The summed E-state index contributed by atoms with van der Waals surface area (Å²) in [7, 11) is 0. The Hall–Kier alpha value is -0.820. The third-order valence-electron chi connectivity index (χ3n) is 5.84. The van der Waals surface area contributed by atoms with Crippen molar-refractivity contribution in [1.29, 1.82) is 0 Å². The van der Waals surface area contributed by atoms with E-state index in [0.717, 1.165) is 30.8 Å². The Kier molecular flexibility index (Phi) is 5.00. The first-order valence-corrected chi connectivity index (χ1v) is 9.03. The monoisotopic (exact) mass is 285 g/mol. The van der Waals surface area contributed by atoms with E-state index in [9.17, 15) is 0 Å². The Morgan fingerprint density at radius 3 is 2.57 bits per heavy atom. The Labute approximate surface area is 130 Å². The first-order chi connectivity index (χ1) is 10.3. The van der Waals surface area contributed by atoms with E-state index in [-0.39, 0.29) is 0 Å². The van der Waals surface area contributed by atoms with Crippen LogP contribution in [-0.4, -0.2) is 13.1 Å². The zero-order chi connectivity index (χ0) is 14.7. The minimum absolute atomic E-state index is 0.710. The summed E-state index contributed by atoms with van der Waals surface area (Å²) in [5.41, 5.74) is 2.92. The average molecular weight is 285 g/mol. The maximum atomic E-state index is 3.67. The van der Waals surface area contributed by atoms with Gasteiger partial charge in [0.2, 0.25) is 0 Å². The highest BCUT2D eigenvalue weighted by atomic mass is 14.9. The van der Waals surface area contributed by atoms with Crippen LogP contribution in [0.1, 0.15) is 62.5 Å². The van der Waals surface area contributed by atoms with Gasteiger partial charge >= 0.3 is 0 Å². The van der Waals surface area contributed by atoms with Crippen LogP contribution in [0.15, 0.2) is 24.3 Å². The summed E-state index contributed by atoms with van der Waals surface area (Å²) >= 11 is 0. The molecule has 4 atom stereocenters. The molecule has 1 aromatic carbocycles. The normalized spacial score (nSPS) is 29.0. The lowest BCUT2D eigenvalue weighted by Crippen LogP contribution is -2.25. The second-order valence-electron chi connectivity index (χ2n) is 7.48. The van der Waals surface area contributed by atoms with Gasteiger partial charge in [0.15, 0.2) is 0 Å². The van der Waals surface area contributed by atoms with E-state index in [0.29, 0.717) is 5.92 Å². The molecule has 0 aliphatic heterocycles. The summed E-state index contributed by atoms with van der Waals surface area (Å²) < 4.78 is 0. The Balaban J connectivity index is 1.65. The first-order valence-electron chi connectivity index (χ1n) is 9.03. The van der Waals surface area contributed by atoms with Crippen molar-refractivity contribution >= 4 is 0 Å². The molecule has 1 N–H and O–H groups in total. The van der Waals surface area contributed by atoms with Gasteiger partial charge in [-0.3, -0.25) is 0 Å². The van der Waals surface area contributed by atoms with Crippen molar-refractivity contribution in [2.75, 3.05) is 13.1 Å². The molecular weight excluding hydrogens is 254 g/mol. The molecule has 3 rings (SSSR count). The van der Waals surface area contributed by atoms with Crippen molar-refractivity contribution in [3.63, 3.8) is 0 Å². The van der Waals surface area contributed by atoms with Gasteiger partial charge in [-0.15, -0.1) is 0 Å². The molecule has 4 unspecified atom stereocenters. The SMILES string of the molecule is CCCNCC(CC1CC2CCC1C2)c1ccc(C)cc1. The second kappa shape index (κ2) is 6.96.